The van der Waals surface area contributed by atoms with Gasteiger partial charge in [-0.25, -0.2) is 4.79 Å². The summed E-state index contributed by atoms with van der Waals surface area (Å²) in [5.74, 6) is -6.11. The molecule has 2 aromatic carbocycles. The lowest BCUT2D eigenvalue weighted by Gasteiger charge is -2.32. The van der Waals surface area contributed by atoms with Gasteiger partial charge in [0.05, 0.1) is 5.56 Å². The van der Waals surface area contributed by atoms with E-state index in [2.05, 4.69) is 0 Å². The zero-order chi connectivity index (χ0) is 35.4. The predicted octanol–water partition coefficient (Wildman–Crippen LogP) is 3.09. The van der Waals surface area contributed by atoms with Gasteiger partial charge in [-0.05, 0) is 42.5 Å². The number of nitrogens with two attached hydrogens (primary N) is 2. The molecule has 1 saturated heterocycles. The molecular weight excluding hydrogens is 646 g/mol. The first-order chi connectivity index (χ1) is 21.9. The molecule has 0 amide bonds. The molecule has 19 heteroatoms. The Hall–Kier alpha value is -5.54. The summed E-state index contributed by atoms with van der Waals surface area (Å²) in [5.41, 5.74) is 11.8. The summed E-state index contributed by atoms with van der Waals surface area (Å²) in [6, 6.07) is 13.3. The molecule has 0 unspecified atom stereocenters. The number of carbonyl (C=O) groups excluding carboxylic acids is 3. The molecule has 0 bridgehead atoms. The maximum atomic E-state index is 12.3. The van der Waals surface area contributed by atoms with Crippen LogP contribution >= 0.6 is 0 Å². The standard InChI is InChI=1S/C24H28N6O5.C4F6O2/c25-9-12-32-20-6-3-17(22(26)27)15-21(20)33-13-14-34-23(31)16-1-4-18(5-2-16)35-19-7-10-30(11-8-19)24(28)29;5-3(6,7)1(11)2(12)4(8,9)10/h1-6,15,19H,7-8,10-14H2,(H3,26,27)(H3,28,29);. The topological polar surface area (TPSA) is 215 Å². The molecule has 0 radical (unpaired) electrons. The van der Waals surface area contributed by atoms with Crippen molar-refractivity contribution in [1.29, 1.82) is 16.1 Å². The van der Waals surface area contributed by atoms with Gasteiger partial charge >= 0.3 is 29.9 Å². The number of esters is 1. The summed E-state index contributed by atoms with van der Waals surface area (Å²) in [6.45, 7) is 1.21. The Balaban J connectivity index is 0.000000544. The lowest BCUT2D eigenvalue weighted by atomic mass is 10.1. The van der Waals surface area contributed by atoms with Crippen molar-refractivity contribution < 1.29 is 59.7 Å². The van der Waals surface area contributed by atoms with Crippen molar-refractivity contribution in [3.63, 3.8) is 0 Å². The molecule has 47 heavy (non-hydrogen) atoms. The van der Waals surface area contributed by atoms with Crippen molar-refractivity contribution in [2.45, 2.75) is 31.3 Å². The highest BCUT2D eigenvalue weighted by Crippen LogP contribution is 2.28. The molecule has 3 rings (SSSR count). The molecule has 1 aliphatic rings. The van der Waals surface area contributed by atoms with E-state index >= 15 is 0 Å². The third-order valence-corrected chi connectivity index (χ3v) is 6.02. The average molecular weight is 675 g/mol. The molecular formula is C28H28F6N6O7. The van der Waals surface area contributed by atoms with Crippen LogP contribution in [0.25, 0.3) is 0 Å². The Kier molecular flexibility index (Phi) is 13.4. The fraction of sp³-hybridized carbons (Fsp3) is 0.357. The molecule has 254 valence electrons. The highest BCUT2D eigenvalue weighted by molar-refractivity contribution is 6.41. The van der Waals surface area contributed by atoms with Crippen LogP contribution in [0.2, 0.25) is 0 Å². The summed E-state index contributed by atoms with van der Waals surface area (Å²) in [7, 11) is 0. The summed E-state index contributed by atoms with van der Waals surface area (Å²) >= 11 is 0. The van der Waals surface area contributed by atoms with Crippen molar-refractivity contribution in [2.24, 2.45) is 11.5 Å². The van der Waals surface area contributed by atoms with Gasteiger partial charge in [0, 0.05) is 31.5 Å². The Labute approximate surface area is 262 Å². The van der Waals surface area contributed by atoms with Gasteiger partial charge in [-0.1, -0.05) is 0 Å². The molecule has 0 aromatic heterocycles. The summed E-state index contributed by atoms with van der Waals surface area (Å²) in [4.78, 5) is 33.4. The molecule has 0 saturated carbocycles. The van der Waals surface area contributed by atoms with Gasteiger partial charge in [0.2, 0.25) is 0 Å². The van der Waals surface area contributed by atoms with Crippen molar-refractivity contribution in [3.05, 3.63) is 53.6 Å². The third kappa shape index (κ3) is 12.1. The third-order valence-electron chi connectivity index (χ3n) is 6.02. The van der Waals surface area contributed by atoms with Crippen LogP contribution < -0.4 is 25.7 Å². The summed E-state index contributed by atoms with van der Waals surface area (Å²) in [6.07, 6.45) is -9.98. The molecule has 0 atom stereocenters. The normalized spacial score (nSPS) is 13.3. The van der Waals surface area contributed by atoms with Crippen LogP contribution in [0, 0.1) is 22.1 Å². The van der Waals surface area contributed by atoms with E-state index in [1.54, 1.807) is 36.4 Å². The molecule has 1 fully saturated rings. The first kappa shape index (κ1) is 37.6. The molecule has 1 heterocycles. The largest absolute Gasteiger partial charge is 0.490 e. The van der Waals surface area contributed by atoms with E-state index in [0.29, 0.717) is 41.5 Å². The van der Waals surface area contributed by atoms with E-state index in [-0.39, 0.29) is 37.7 Å². The van der Waals surface area contributed by atoms with Gasteiger partial charge < -0.3 is 35.3 Å². The van der Waals surface area contributed by atoms with Crippen LogP contribution in [0.5, 0.6) is 17.2 Å². The van der Waals surface area contributed by atoms with E-state index < -0.39 is 29.9 Å². The van der Waals surface area contributed by atoms with Crippen molar-refractivity contribution in [3.8, 4) is 23.3 Å². The summed E-state index contributed by atoms with van der Waals surface area (Å²) < 4.78 is 89.1. The quantitative estimate of drug-likeness (QED) is 0.0678. The van der Waals surface area contributed by atoms with Crippen LogP contribution in [0.1, 0.15) is 28.8 Å². The number of nitrogen functional groups attached to an aromatic ring is 1. The van der Waals surface area contributed by atoms with Crippen LogP contribution in [0.3, 0.4) is 0 Å². The number of nitrogens with zero attached hydrogens (tertiary/aromatic N) is 2. The SMILES string of the molecule is N#CCOc1ccc(C(=N)N)cc1OCCOC(=O)c1ccc(OC2CCN(C(=N)N)CC2)cc1.O=C(C(=O)C(F)(F)F)C(F)(F)F. The number of nitrogens with one attached hydrogen (secondary N) is 2. The Morgan fingerprint density at radius 1 is 0.851 bits per heavy atom. The Morgan fingerprint density at radius 2 is 1.40 bits per heavy atom. The van der Waals surface area contributed by atoms with E-state index in [4.69, 9.17) is 46.5 Å². The number of rotatable bonds is 11. The fourth-order valence-corrected chi connectivity index (χ4v) is 3.72. The second kappa shape index (κ2) is 16.7. The number of Topliss-reactive ketones (excluding diaryl/α,β-unsaturated/α-hetero) is 2. The molecule has 0 aliphatic carbocycles. The first-order valence-corrected chi connectivity index (χ1v) is 13.3. The van der Waals surface area contributed by atoms with Crippen molar-refractivity contribution >= 4 is 29.3 Å². The Morgan fingerprint density at radius 3 is 1.89 bits per heavy atom. The number of likely N-dealkylation sites (tertiary alicyclic amines) is 1. The number of guanidine groups is 1. The number of amidine groups is 1. The van der Waals surface area contributed by atoms with Gasteiger partial charge in [0.15, 0.2) is 24.1 Å². The highest BCUT2D eigenvalue weighted by atomic mass is 19.4. The lowest BCUT2D eigenvalue weighted by Crippen LogP contribution is -2.44. The number of hydrogen-bond donors (Lipinski definition) is 4. The minimum absolute atomic E-state index is 0.0200. The number of ether oxygens (including phenoxy) is 4. The van der Waals surface area contributed by atoms with E-state index in [9.17, 15) is 40.7 Å². The number of ketones is 2. The van der Waals surface area contributed by atoms with Crippen LogP contribution in [-0.2, 0) is 14.3 Å². The van der Waals surface area contributed by atoms with Crippen LogP contribution in [-0.4, -0.2) is 85.6 Å². The second-order valence-corrected chi connectivity index (χ2v) is 9.37. The number of alkyl halides is 6. The van der Waals surface area contributed by atoms with Gasteiger partial charge in [-0.3, -0.25) is 20.4 Å². The molecule has 13 nitrogen and oxygen atoms in total. The zero-order valence-corrected chi connectivity index (χ0v) is 24.2. The minimum Gasteiger partial charge on any atom is -0.490 e. The monoisotopic (exact) mass is 674 g/mol. The maximum absolute atomic E-state index is 12.3. The van der Waals surface area contributed by atoms with Gasteiger partial charge in [-0.15, -0.1) is 0 Å². The summed E-state index contributed by atoms with van der Waals surface area (Å²) in [5, 5.41) is 23.8. The number of hydrogen-bond acceptors (Lipinski definition) is 10. The number of benzene rings is 2. The average Bonchev–Trinajstić information content (AvgIpc) is 3.01. The minimum atomic E-state index is -5.77. The number of halogens is 6. The second-order valence-electron chi connectivity index (χ2n) is 9.37. The van der Waals surface area contributed by atoms with Gasteiger partial charge in [0.25, 0.3) is 0 Å². The zero-order valence-electron chi connectivity index (χ0n) is 24.2. The molecule has 1 aliphatic heterocycles. The lowest BCUT2D eigenvalue weighted by molar-refractivity contribution is -0.193. The molecule has 6 N–H and O–H groups in total. The van der Waals surface area contributed by atoms with Crippen LogP contribution in [0.15, 0.2) is 42.5 Å². The molecule has 0 spiro atoms. The van der Waals surface area contributed by atoms with Gasteiger partial charge in [-0.2, -0.15) is 31.6 Å². The van der Waals surface area contributed by atoms with Crippen molar-refractivity contribution in [1.82, 2.24) is 4.90 Å². The van der Waals surface area contributed by atoms with E-state index in [0.717, 1.165) is 12.8 Å². The Bertz CT molecular complexity index is 1460. The highest BCUT2D eigenvalue weighted by Gasteiger charge is 2.54. The van der Waals surface area contributed by atoms with Crippen molar-refractivity contribution in [2.75, 3.05) is 32.9 Å². The van der Waals surface area contributed by atoms with Crippen LogP contribution in [0.4, 0.5) is 26.3 Å². The predicted molar refractivity (Wildman–Crippen MR) is 150 cm³/mol. The van der Waals surface area contributed by atoms with Gasteiger partial charge in [0.1, 0.15) is 37.0 Å². The smallest absolute Gasteiger partial charge is 0.458 e. The molecule has 2 aromatic rings. The first-order valence-electron chi connectivity index (χ1n) is 13.3. The maximum Gasteiger partial charge on any atom is 0.458 e. The number of piperidine rings is 1. The number of nitriles is 1. The fourth-order valence-electron chi connectivity index (χ4n) is 3.72. The van der Waals surface area contributed by atoms with E-state index in [1.807, 2.05) is 11.0 Å². The van der Waals surface area contributed by atoms with E-state index in [1.165, 1.54) is 6.07 Å². The number of carbonyl (C=O) groups is 3.